The number of carbonyl (C=O) groups is 1. The highest BCUT2D eigenvalue weighted by Crippen LogP contribution is 2.37. The fourth-order valence-corrected chi connectivity index (χ4v) is 3.88. The first kappa shape index (κ1) is 31.9. The second-order valence-corrected chi connectivity index (χ2v) is 9.86. The zero-order chi connectivity index (χ0) is 24.6. The number of allylic oxidation sites excluding steroid dienone is 2. The van der Waals surface area contributed by atoms with Crippen LogP contribution in [0.2, 0.25) is 0 Å². The molecule has 1 fully saturated rings. The van der Waals surface area contributed by atoms with Crippen LogP contribution in [0.5, 0.6) is 0 Å². The first-order chi connectivity index (χ1) is 16.1. The van der Waals surface area contributed by atoms with E-state index in [-0.39, 0.29) is 0 Å². The lowest BCUT2D eigenvalue weighted by Crippen LogP contribution is -1.87. The first-order valence-corrected chi connectivity index (χ1v) is 14.1. The third-order valence-corrected chi connectivity index (χ3v) is 6.39. The van der Waals surface area contributed by atoms with Crippen molar-refractivity contribution in [2.75, 3.05) is 13.2 Å². The second kappa shape index (κ2) is 24.0. The van der Waals surface area contributed by atoms with Gasteiger partial charge >= 0.3 is 0 Å². The maximum Gasteiger partial charge on any atom is 0.124 e. The Morgan fingerprint density at radius 3 is 1.94 bits per heavy atom. The van der Waals surface area contributed by atoms with E-state index < -0.39 is 0 Å². The van der Waals surface area contributed by atoms with Crippen LogP contribution in [0, 0.1) is 5.92 Å². The summed E-state index contributed by atoms with van der Waals surface area (Å²) < 4.78 is 5.22. The summed E-state index contributed by atoms with van der Waals surface area (Å²) in [4.78, 5) is 10.0. The minimum absolute atomic E-state index is 0.548. The summed E-state index contributed by atoms with van der Waals surface area (Å²) in [6.45, 7) is 16.4. The van der Waals surface area contributed by atoms with Gasteiger partial charge in [-0.15, -0.1) is 0 Å². The highest BCUT2D eigenvalue weighted by molar-refractivity contribution is 5.53. The van der Waals surface area contributed by atoms with Crippen LogP contribution in [0.3, 0.4) is 0 Å². The van der Waals surface area contributed by atoms with Crippen molar-refractivity contribution in [2.45, 2.75) is 136 Å². The normalized spacial score (nSPS) is 14.5. The van der Waals surface area contributed by atoms with E-state index in [1.54, 1.807) is 0 Å². The van der Waals surface area contributed by atoms with Crippen LogP contribution in [-0.2, 0) is 9.53 Å². The van der Waals surface area contributed by atoms with E-state index in [9.17, 15) is 4.79 Å². The minimum atomic E-state index is 0.548. The van der Waals surface area contributed by atoms with Crippen LogP contribution >= 0.6 is 0 Å². The van der Waals surface area contributed by atoms with E-state index >= 15 is 0 Å². The molecule has 0 aromatic carbocycles. The molecule has 0 spiro atoms. The minimum Gasteiger partial charge on any atom is -0.373 e. The Labute approximate surface area is 207 Å². The van der Waals surface area contributed by atoms with Gasteiger partial charge in [0.2, 0.25) is 0 Å². The largest absolute Gasteiger partial charge is 0.373 e. The molecule has 2 heteroatoms. The van der Waals surface area contributed by atoms with Crippen LogP contribution in [0.1, 0.15) is 136 Å². The van der Waals surface area contributed by atoms with Crippen molar-refractivity contribution in [1.82, 2.24) is 0 Å². The fraction of sp³-hybridized carbons (Fsp3) is 0.774. The van der Waals surface area contributed by atoms with Gasteiger partial charge in [-0.05, 0) is 62.9 Å². The lowest BCUT2D eigenvalue weighted by Gasteiger charge is -2.01. The van der Waals surface area contributed by atoms with Gasteiger partial charge in [-0.3, -0.25) is 0 Å². The number of rotatable bonds is 18. The van der Waals surface area contributed by atoms with Gasteiger partial charge in [-0.2, -0.15) is 0 Å². The quantitative estimate of drug-likeness (QED) is 0.115. The number of hydrogen-bond acceptors (Lipinski definition) is 2. The van der Waals surface area contributed by atoms with Gasteiger partial charge in [0.1, 0.15) is 6.29 Å². The van der Waals surface area contributed by atoms with Crippen LogP contribution in [0.25, 0.3) is 0 Å². The Kier molecular flexibility index (Phi) is 23.2. The SMILES string of the molecule is C=C(CC=O)CCCCCC.C=C(CCCCCC)C1CC1.CCCCCCC1=CCOC1. The molecule has 2 nitrogen and oxygen atoms in total. The summed E-state index contributed by atoms with van der Waals surface area (Å²) >= 11 is 0. The van der Waals surface area contributed by atoms with Gasteiger partial charge in [-0.1, -0.05) is 109 Å². The molecular weight excluding hydrogens is 404 g/mol. The number of aldehydes is 1. The molecular formula is C31H56O2. The van der Waals surface area contributed by atoms with Crippen molar-refractivity contribution < 1.29 is 9.53 Å². The van der Waals surface area contributed by atoms with Gasteiger partial charge in [0.05, 0.1) is 13.2 Å². The van der Waals surface area contributed by atoms with Crippen LogP contribution in [0.15, 0.2) is 36.0 Å². The Bertz CT molecular complexity index is 513. The summed E-state index contributed by atoms with van der Waals surface area (Å²) in [5.74, 6) is 0.927. The second-order valence-electron chi connectivity index (χ2n) is 9.86. The van der Waals surface area contributed by atoms with E-state index in [0.29, 0.717) is 6.42 Å². The van der Waals surface area contributed by atoms with Crippen LogP contribution in [0.4, 0.5) is 0 Å². The smallest absolute Gasteiger partial charge is 0.124 e. The average molecular weight is 461 g/mol. The molecule has 1 aliphatic carbocycles. The molecule has 0 radical (unpaired) electrons. The number of unbranched alkanes of at least 4 members (excludes halogenated alkanes) is 9. The zero-order valence-electron chi connectivity index (χ0n) is 22.6. The van der Waals surface area contributed by atoms with Crippen molar-refractivity contribution in [2.24, 2.45) is 5.92 Å². The highest BCUT2D eigenvalue weighted by Gasteiger charge is 2.23. The summed E-state index contributed by atoms with van der Waals surface area (Å²) in [5, 5.41) is 0. The lowest BCUT2D eigenvalue weighted by molar-refractivity contribution is -0.107. The molecule has 0 aromatic rings. The van der Waals surface area contributed by atoms with Crippen molar-refractivity contribution in [3.05, 3.63) is 36.0 Å². The Morgan fingerprint density at radius 2 is 1.45 bits per heavy atom. The van der Waals surface area contributed by atoms with Crippen LogP contribution < -0.4 is 0 Å². The molecule has 1 saturated carbocycles. The van der Waals surface area contributed by atoms with Crippen molar-refractivity contribution >= 4 is 6.29 Å². The standard InChI is InChI=1S/C11H20.2C10H18O/c1-3-4-5-6-7-10(2)11-8-9-11;1-2-3-4-5-6-10-7-8-11-9-10;1-3-4-5-6-7-10(2)8-9-11/h11H,2-9H2,1H3;7H,2-6,8-9H2,1H3;9H,2-8H2,1H3. The van der Waals surface area contributed by atoms with Crippen LogP contribution in [-0.4, -0.2) is 19.5 Å². The van der Waals surface area contributed by atoms with Gasteiger partial charge < -0.3 is 9.53 Å². The molecule has 0 bridgehead atoms. The van der Waals surface area contributed by atoms with Crippen molar-refractivity contribution in [1.29, 1.82) is 0 Å². The molecule has 0 saturated heterocycles. The predicted molar refractivity (Wildman–Crippen MR) is 147 cm³/mol. The third-order valence-electron chi connectivity index (χ3n) is 6.39. The Hall–Kier alpha value is -1.15. The number of ether oxygens (including phenoxy) is 1. The molecule has 0 N–H and O–H groups in total. The molecule has 33 heavy (non-hydrogen) atoms. The molecule has 1 aliphatic heterocycles. The van der Waals surface area contributed by atoms with Gasteiger partial charge in [-0.25, -0.2) is 0 Å². The molecule has 0 unspecified atom stereocenters. The molecule has 0 atom stereocenters. The number of hydrogen-bond donors (Lipinski definition) is 0. The summed E-state index contributed by atoms with van der Waals surface area (Å²) in [7, 11) is 0. The Balaban J connectivity index is 0.000000465. The summed E-state index contributed by atoms with van der Waals surface area (Å²) in [6.07, 6.45) is 26.1. The maximum absolute atomic E-state index is 10.0. The van der Waals surface area contributed by atoms with Crippen molar-refractivity contribution in [3.63, 3.8) is 0 Å². The highest BCUT2D eigenvalue weighted by atomic mass is 16.5. The number of carbonyl (C=O) groups excluding carboxylic acids is 1. The molecule has 192 valence electrons. The zero-order valence-corrected chi connectivity index (χ0v) is 22.6. The maximum atomic E-state index is 10.0. The predicted octanol–water partition coefficient (Wildman–Crippen LogP) is 9.94. The van der Waals surface area contributed by atoms with E-state index in [4.69, 9.17) is 4.74 Å². The molecule has 0 aromatic heterocycles. The van der Waals surface area contributed by atoms with E-state index in [1.165, 1.54) is 114 Å². The monoisotopic (exact) mass is 460 g/mol. The van der Waals surface area contributed by atoms with E-state index in [0.717, 1.165) is 37.4 Å². The van der Waals surface area contributed by atoms with Gasteiger partial charge in [0, 0.05) is 6.42 Å². The van der Waals surface area contributed by atoms with Gasteiger partial charge in [0.25, 0.3) is 0 Å². The summed E-state index contributed by atoms with van der Waals surface area (Å²) in [5.41, 5.74) is 4.12. The molecule has 1 heterocycles. The van der Waals surface area contributed by atoms with Gasteiger partial charge in [0.15, 0.2) is 0 Å². The topological polar surface area (TPSA) is 26.3 Å². The lowest BCUT2D eigenvalue weighted by atomic mass is 10.0. The average Bonchev–Trinajstić information content (AvgIpc) is 3.54. The molecule has 2 aliphatic rings. The molecule has 0 amide bonds. The van der Waals surface area contributed by atoms with Crippen molar-refractivity contribution in [3.8, 4) is 0 Å². The fourth-order valence-electron chi connectivity index (χ4n) is 3.88. The van der Waals surface area contributed by atoms with E-state index in [2.05, 4.69) is 40.0 Å². The third kappa shape index (κ3) is 22.4. The first-order valence-electron chi connectivity index (χ1n) is 14.1. The summed E-state index contributed by atoms with van der Waals surface area (Å²) in [6, 6.07) is 0. The Morgan fingerprint density at radius 1 is 0.879 bits per heavy atom. The van der Waals surface area contributed by atoms with E-state index in [1.807, 2.05) is 0 Å². The molecule has 2 rings (SSSR count).